The van der Waals surface area contributed by atoms with Crippen LogP contribution in [0.5, 0.6) is 0 Å². The quantitative estimate of drug-likeness (QED) is 0.834. The van der Waals surface area contributed by atoms with Gasteiger partial charge in [-0.05, 0) is 49.9 Å². The fourth-order valence-electron chi connectivity index (χ4n) is 3.82. The summed E-state index contributed by atoms with van der Waals surface area (Å²) in [6.45, 7) is 6.62. The summed E-state index contributed by atoms with van der Waals surface area (Å²) < 4.78 is 0. The van der Waals surface area contributed by atoms with Crippen LogP contribution in [0.15, 0.2) is 0 Å². The Labute approximate surface area is 123 Å². The Morgan fingerprint density at radius 3 is 2.35 bits per heavy atom. The van der Waals surface area contributed by atoms with Crippen LogP contribution < -0.4 is 5.32 Å². The SMILES string of the molecule is CC1CCC(C#N)(NC(=O)C2CCCCC2(C)C)CC1. The average Bonchev–Trinajstić information content (AvgIpc) is 2.41. The summed E-state index contributed by atoms with van der Waals surface area (Å²) in [4.78, 5) is 12.7. The fraction of sp³-hybridized carbons (Fsp3) is 0.882. The monoisotopic (exact) mass is 276 g/mol. The van der Waals surface area contributed by atoms with Crippen LogP contribution in [0.4, 0.5) is 0 Å². The minimum atomic E-state index is -0.600. The van der Waals surface area contributed by atoms with Crippen molar-refractivity contribution in [1.82, 2.24) is 5.32 Å². The van der Waals surface area contributed by atoms with Crippen LogP contribution in [0.25, 0.3) is 0 Å². The van der Waals surface area contributed by atoms with Crippen molar-refractivity contribution >= 4 is 5.91 Å². The highest BCUT2D eigenvalue weighted by atomic mass is 16.2. The molecule has 1 atom stereocenters. The first-order chi connectivity index (χ1) is 9.38. The highest BCUT2D eigenvalue weighted by Gasteiger charge is 2.42. The summed E-state index contributed by atoms with van der Waals surface area (Å²) in [7, 11) is 0. The topological polar surface area (TPSA) is 52.9 Å². The molecule has 2 aliphatic rings. The molecule has 1 unspecified atom stereocenters. The van der Waals surface area contributed by atoms with Gasteiger partial charge in [-0.1, -0.05) is 33.6 Å². The minimum Gasteiger partial charge on any atom is -0.338 e. The molecule has 0 aliphatic heterocycles. The van der Waals surface area contributed by atoms with Crippen LogP contribution >= 0.6 is 0 Å². The lowest BCUT2D eigenvalue weighted by molar-refractivity contribution is -0.132. The minimum absolute atomic E-state index is 0.0702. The van der Waals surface area contributed by atoms with Gasteiger partial charge >= 0.3 is 0 Å². The van der Waals surface area contributed by atoms with Crippen molar-refractivity contribution in [3.63, 3.8) is 0 Å². The number of amides is 1. The molecular formula is C17H28N2O. The molecule has 112 valence electrons. The molecule has 0 radical (unpaired) electrons. The zero-order valence-electron chi connectivity index (χ0n) is 13.2. The van der Waals surface area contributed by atoms with Crippen LogP contribution in [0.3, 0.4) is 0 Å². The van der Waals surface area contributed by atoms with Crippen molar-refractivity contribution in [3.05, 3.63) is 0 Å². The van der Waals surface area contributed by atoms with E-state index < -0.39 is 5.54 Å². The summed E-state index contributed by atoms with van der Waals surface area (Å²) in [5.41, 5.74) is -0.530. The lowest BCUT2D eigenvalue weighted by Crippen LogP contribution is -2.53. The van der Waals surface area contributed by atoms with Crippen molar-refractivity contribution in [2.75, 3.05) is 0 Å². The second-order valence-electron chi connectivity index (χ2n) is 7.65. The van der Waals surface area contributed by atoms with E-state index in [1.54, 1.807) is 0 Å². The van der Waals surface area contributed by atoms with Crippen molar-refractivity contribution in [3.8, 4) is 6.07 Å². The van der Waals surface area contributed by atoms with Crippen LogP contribution in [-0.2, 0) is 4.79 Å². The van der Waals surface area contributed by atoms with Crippen molar-refractivity contribution in [2.45, 2.75) is 77.7 Å². The number of carbonyl (C=O) groups excluding carboxylic acids is 1. The molecule has 0 spiro atoms. The van der Waals surface area contributed by atoms with Crippen molar-refractivity contribution in [2.24, 2.45) is 17.3 Å². The van der Waals surface area contributed by atoms with Gasteiger partial charge in [-0.2, -0.15) is 5.26 Å². The van der Waals surface area contributed by atoms with Gasteiger partial charge in [-0.3, -0.25) is 4.79 Å². The van der Waals surface area contributed by atoms with Gasteiger partial charge < -0.3 is 5.32 Å². The number of hydrogen-bond acceptors (Lipinski definition) is 2. The first kappa shape index (κ1) is 15.4. The molecule has 2 fully saturated rings. The predicted molar refractivity (Wildman–Crippen MR) is 79.9 cm³/mol. The molecule has 0 bridgehead atoms. The Kier molecular flexibility index (Phi) is 4.42. The Morgan fingerprint density at radius 2 is 1.80 bits per heavy atom. The van der Waals surface area contributed by atoms with Crippen LogP contribution in [-0.4, -0.2) is 11.4 Å². The highest BCUT2D eigenvalue weighted by molar-refractivity contribution is 5.80. The van der Waals surface area contributed by atoms with E-state index in [4.69, 9.17) is 0 Å². The smallest absolute Gasteiger partial charge is 0.224 e. The summed E-state index contributed by atoms with van der Waals surface area (Å²) in [6, 6.07) is 2.40. The maximum atomic E-state index is 12.7. The van der Waals surface area contributed by atoms with Crippen molar-refractivity contribution in [1.29, 1.82) is 5.26 Å². The number of nitriles is 1. The van der Waals surface area contributed by atoms with E-state index in [2.05, 4.69) is 32.2 Å². The van der Waals surface area contributed by atoms with E-state index >= 15 is 0 Å². The molecule has 2 saturated carbocycles. The number of nitrogens with zero attached hydrogens (tertiary/aromatic N) is 1. The number of rotatable bonds is 2. The summed E-state index contributed by atoms with van der Waals surface area (Å²) in [5, 5.41) is 12.7. The zero-order valence-corrected chi connectivity index (χ0v) is 13.2. The number of carbonyl (C=O) groups is 1. The van der Waals surface area contributed by atoms with E-state index in [0.717, 1.165) is 44.9 Å². The molecule has 20 heavy (non-hydrogen) atoms. The Hall–Kier alpha value is -1.04. The Bertz CT molecular complexity index is 400. The number of hydrogen-bond donors (Lipinski definition) is 1. The van der Waals surface area contributed by atoms with E-state index in [-0.39, 0.29) is 17.2 Å². The third-order valence-electron chi connectivity index (χ3n) is 5.53. The molecule has 1 N–H and O–H groups in total. The second-order valence-corrected chi connectivity index (χ2v) is 7.65. The summed E-state index contributed by atoms with van der Waals surface area (Å²) >= 11 is 0. The predicted octanol–water partition coefficient (Wildman–Crippen LogP) is 3.79. The summed E-state index contributed by atoms with van der Waals surface area (Å²) in [5.74, 6) is 0.867. The molecule has 3 nitrogen and oxygen atoms in total. The van der Waals surface area contributed by atoms with Gasteiger partial charge in [-0.15, -0.1) is 0 Å². The molecule has 0 aromatic carbocycles. The fourth-order valence-corrected chi connectivity index (χ4v) is 3.82. The third kappa shape index (κ3) is 3.16. The molecule has 0 aromatic heterocycles. The van der Waals surface area contributed by atoms with Crippen LogP contribution in [0.2, 0.25) is 0 Å². The highest BCUT2D eigenvalue weighted by Crippen LogP contribution is 2.41. The van der Waals surface area contributed by atoms with Gasteiger partial charge in [0.05, 0.1) is 6.07 Å². The molecular weight excluding hydrogens is 248 g/mol. The Morgan fingerprint density at radius 1 is 1.15 bits per heavy atom. The van der Waals surface area contributed by atoms with E-state index in [1.165, 1.54) is 6.42 Å². The van der Waals surface area contributed by atoms with Crippen molar-refractivity contribution < 1.29 is 4.79 Å². The van der Waals surface area contributed by atoms with Gasteiger partial charge in [0.1, 0.15) is 5.54 Å². The lowest BCUT2D eigenvalue weighted by Gasteiger charge is -2.41. The molecule has 0 saturated heterocycles. The first-order valence-electron chi connectivity index (χ1n) is 8.12. The normalized spacial score (nSPS) is 36.9. The standard InChI is InChI=1S/C17H28N2O/c1-13-7-10-17(12-18,11-8-13)19-15(20)14-6-4-5-9-16(14,2)3/h13-14H,4-11H2,1-3H3,(H,19,20). The zero-order chi connectivity index (χ0) is 14.8. The van der Waals surface area contributed by atoms with Crippen LogP contribution in [0.1, 0.15) is 72.1 Å². The van der Waals surface area contributed by atoms with Gasteiger partial charge in [0.15, 0.2) is 0 Å². The van der Waals surface area contributed by atoms with E-state index in [1.807, 2.05) is 0 Å². The molecule has 2 aliphatic carbocycles. The third-order valence-corrected chi connectivity index (χ3v) is 5.53. The molecule has 0 aromatic rings. The lowest BCUT2D eigenvalue weighted by atomic mass is 9.68. The molecule has 0 heterocycles. The molecule has 1 amide bonds. The van der Waals surface area contributed by atoms with E-state index in [9.17, 15) is 10.1 Å². The van der Waals surface area contributed by atoms with E-state index in [0.29, 0.717) is 5.92 Å². The van der Waals surface area contributed by atoms with Gasteiger partial charge in [0.25, 0.3) is 0 Å². The number of nitrogens with one attached hydrogen (secondary N) is 1. The maximum absolute atomic E-state index is 12.7. The first-order valence-corrected chi connectivity index (χ1v) is 8.12. The maximum Gasteiger partial charge on any atom is 0.224 e. The van der Waals surface area contributed by atoms with Gasteiger partial charge in [0.2, 0.25) is 5.91 Å². The molecule has 2 rings (SSSR count). The van der Waals surface area contributed by atoms with Gasteiger partial charge in [-0.25, -0.2) is 0 Å². The largest absolute Gasteiger partial charge is 0.338 e. The Balaban J connectivity index is 2.04. The average molecular weight is 276 g/mol. The second kappa shape index (κ2) is 5.76. The van der Waals surface area contributed by atoms with Gasteiger partial charge in [0, 0.05) is 5.92 Å². The molecule has 3 heteroatoms. The van der Waals surface area contributed by atoms with Crippen LogP contribution in [0, 0.1) is 28.6 Å². The summed E-state index contributed by atoms with van der Waals surface area (Å²) in [6.07, 6.45) is 8.14.